The molecule has 17 heavy (non-hydrogen) atoms. The van der Waals surface area contributed by atoms with Crippen LogP contribution in [0.15, 0.2) is 9.85 Å². The smallest absolute Gasteiger partial charge is 0.326 e. The van der Waals surface area contributed by atoms with Crippen molar-refractivity contribution in [3.05, 3.63) is 20.3 Å². The number of hydrogen-bond acceptors (Lipinski definition) is 3. The predicted molar refractivity (Wildman–Crippen MR) is 68.5 cm³/mol. The van der Waals surface area contributed by atoms with E-state index in [4.69, 9.17) is 5.11 Å². The van der Waals surface area contributed by atoms with Crippen molar-refractivity contribution < 1.29 is 14.7 Å². The number of aryl methyl sites for hydroxylation is 1. The van der Waals surface area contributed by atoms with Crippen LogP contribution in [0.5, 0.6) is 0 Å². The third-order valence-electron chi connectivity index (χ3n) is 2.84. The lowest BCUT2D eigenvalue weighted by atomic mass is 10.2. The Labute approximate surface area is 111 Å². The van der Waals surface area contributed by atoms with E-state index in [1.807, 2.05) is 6.92 Å². The maximum absolute atomic E-state index is 12.2. The molecule has 92 valence electrons. The van der Waals surface area contributed by atoms with Crippen molar-refractivity contribution in [3.8, 4) is 0 Å². The van der Waals surface area contributed by atoms with Gasteiger partial charge in [-0.25, -0.2) is 4.79 Å². The standard InChI is InChI=1S/C11H12BrNO3S/c1-6-5-7(9(12)17-6)10(14)13-4-2-3-8(13)11(15)16/h5,8H,2-4H2,1H3,(H,15,16). The predicted octanol–water partition coefficient (Wildman–Crippen LogP) is 2.51. The number of likely N-dealkylation sites (tertiary alicyclic amines) is 1. The summed E-state index contributed by atoms with van der Waals surface area (Å²) in [5.41, 5.74) is 0.570. The van der Waals surface area contributed by atoms with Crippen LogP contribution in [-0.2, 0) is 4.79 Å². The molecule has 1 aromatic heterocycles. The van der Waals surface area contributed by atoms with Crippen LogP contribution in [0.2, 0.25) is 0 Å². The molecule has 0 spiro atoms. The first-order chi connectivity index (χ1) is 8.00. The molecule has 1 unspecified atom stereocenters. The summed E-state index contributed by atoms with van der Waals surface area (Å²) >= 11 is 4.83. The highest BCUT2D eigenvalue weighted by molar-refractivity contribution is 9.11. The molecule has 1 fully saturated rings. The van der Waals surface area contributed by atoms with Gasteiger partial charge in [-0.05, 0) is 41.8 Å². The molecular formula is C11H12BrNO3S. The van der Waals surface area contributed by atoms with Crippen molar-refractivity contribution >= 4 is 39.1 Å². The number of carboxylic acids is 1. The number of rotatable bonds is 2. The lowest BCUT2D eigenvalue weighted by molar-refractivity contribution is -0.141. The Morgan fingerprint density at radius 1 is 1.59 bits per heavy atom. The largest absolute Gasteiger partial charge is 0.480 e. The van der Waals surface area contributed by atoms with Crippen LogP contribution in [0.3, 0.4) is 0 Å². The maximum Gasteiger partial charge on any atom is 0.326 e. The second-order valence-corrected chi connectivity index (χ2v) is 6.61. The van der Waals surface area contributed by atoms with E-state index in [0.29, 0.717) is 18.5 Å². The summed E-state index contributed by atoms with van der Waals surface area (Å²) < 4.78 is 0.774. The van der Waals surface area contributed by atoms with Crippen LogP contribution in [0.4, 0.5) is 0 Å². The monoisotopic (exact) mass is 317 g/mol. The van der Waals surface area contributed by atoms with E-state index in [2.05, 4.69) is 15.9 Å². The second kappa shape index (κ2) is 4.78. The number of halogens is 1. The van der Waals surface area contributed by atoms with Crippen LogP contribution in [0, 0.1) is 6.92 Å². The van der Waals surface area contributed by atoms with Gasteiger partial charge in [-0.3, -0.25) is 4.79 Å². The minimum absolute atomic E-state index is 0.189. The molecule has 2 rings (SSSR count). The molecule has 6 heteroatoms. The fourth-order valence-corrected chi connectivity index (χ4v) is 3.82. The zero-order valence-electron chi connectivity index (χ0n) is 9.27. The minimum Gasteiger partial charge on any atom is -0.480 e. The van der Waals surface area contributed by atoms with Gasteiger partial charge in [0.2, 0.25) is 0 Å². The van der Waals surface area contributed by atoms with E-state index >= 15 is 0 Å². The SMILES string of the molecule is Cc1cc(C(=O)N2CCCC2C(=O)O)c(Br)s1. The molecule has 2 heterocycles. The summed E-state index contributed by atoms with van der Waals surface area (Å²) in [7, 11) is 0. The highest BCUT2D eigenvalue weighted by atomic mass is 79.9. The average Bonchev–Trinajstić information content (AvgIpc) is 2.83. The number of nitrogens with zero attached hydrogens (tertiary/aromatic N) is 1. The van der Waals surface area contributed by atoms with Gasteiger partial charge in [0.15, 0.2) is 0 Å². The second-order valence-electron chi connectivity index (χ2n) is 4.04. The fourth-order valence-electron chi connectivity index (χ4n) is 2.05. The van der Waals surface area contributed by atoms with Gasteiger partial charge < -0.3 is 10.0 Å². The first-order valence-electron chi connectivity index (χ1n) is 5.30. The lowest BCUT2D eigenvalue weighted by Gasteiger charge is -2.21. The molecule has 1 N–H and O–H groups in total. The molecule has 1 aliphatic rings. The number of carbonyl (C=O) groups is 2. The third-order valence-corrected chi connectivity index (χ3v) is 4.59. The van der Waals surface area contributed by atoms with E-state index in [0.717, 1.165) is 15.1 Å². The molecular weight excluding hydrogens is 306 g/mol. The highest BCUT2D eigenvalue weighted by Gasteiger charge is 2.35. The van der Waals surface area contributed by atoms with Gasteiger partial charge >= 0.3 is 5.97 Å². The van der Waals surface area contributed by atoms with Crippen molar-refractivity contribution in [1.82, 2.24) is 4.90 Å². The van der Waals surface area contributed by atoms with Gasteiger partial charge in [0.25, 0.3) is 5.91 Å². The number of carbonyl (C=O) groups excluding carboxylic acids is 1. The minimum atomic E-state index is -0.918. The molecule has 0 bridgehead atoms. The van der Waals surface area contributed by atoms with E-state index in [9.17, 15) is 9.59 Å². The first-order valence-corrected chi connectivity index (χ1v) is 6.91. The molecule has 4 nitrogen and oxygen atoms in total. The average molecular weight is 318 g/mol. The molecule has 1 saturated heterocycles. The molecule has 0 saturated carbocycles. The summed E-state index contributed by atoms with van der Waals surface area (Å²) in [6, 6.07) is 1.13. The van der Waals surface area contributed by atoms with Crippen LogP contribution in [-0.4, -0.2) is 34.5 Å². The summed E-state index contributed by atoms with van der Waals surface area (Å²) in [4.78, 5) is 25.8. The van der Waals surface area contributed by atoms with E-state index < -0.39 is 12.0 Å². The first kappa shape index (κ1) is 12.6. The lowest BCUT2D eigenvalue weighted by Crippen LogP contribution is -2.40. The molecule has 1 amide bonds. The van der Waals surface area contributed by atoms with Gasteiger partial charge in [0.1, 0.15) is 6.04 Å². The summed E-state index contributed by atoms with van der Waals surface area (Å²) in [5.74, 6) is -1.11. The van der Waals surface area contributed by atoms with Crippen LogP contribution < -0.4 is 0 Å². The van der Waals surface area contributed by atoms with Crippen LogP contribution in [0.25, 0.3) is 0 Å². The van der Waals surface area contributed by atoms with Crippen molar-refractivity contribution in [2.24, 2.45) is 0 Å². The number of carboxylic acid groups (broad SMARTS) is 1. The number of thiophene rings is 1. The quantitative estimate of drug-likeness (QED) is 0.911. The van der Waals surface area contributed by atoms with E-state index in [1.54, 1.807) is 6.07 Å². The van der Waals surface area contributed by atoms with E-state index in [1.165, 1.54) is 16.2 Å². The molecule has 1 aromatic rings. The van der Waals surface area contributed by atoms with E-state index in [-0.39, 0.29) is 5.91 Å². The Kier molecular flexibility index (Phi) is 3.53. The normalized spacial score (nSPS) is 19.6. The zero-order chi connectivity index (χ0) is 12.6. The Morgan fingerprint density at radius 3 is 2.82 bits per heavy atom. The highest BCUT2D eigenvalue weighted by Crippen LogP contribution is 2.30. The fraction of sp³-hybridized carbons (Fsp3) is 0.455. The topological polar surface area (TPSA) is 57.6 Å². The van der Waals surface area contributed by atoms with Crippen molar-refractivity contribution in [1.29, 1.82) is 0 Å². The van der Waals surface area contributed by atoms with Gasteiger partial charge in [-0.15, -0.1) is 11.3 Å². The summed E-state index contributed by atoms with van der Waals surface area (Å²) in [6.07, 6.45) is 1.30. The van der Waals surface area contributed by atoms with Crippen molar-refractivity contribution in [2.75, 3.05) is 6.54 Å². The van der Waals surface area contributed by atoms with Gasteiger partial charge in [0, 0.05) is 11.4 Å². The Hall–Kier alpha value is -0.880. The van der Waals surface area contributed by atoms with Gasteiger partial charge in [-0.1, -0.05) is 0 Å². The van der Waals surface area contributed by atoms with Gasteiger partial charge in [0.05, 0.1) is 9.35 Å². The molecule has 1 aliphatic heterocycles. The molecule has 0 aromatic carbocycles. The number of aliphatic carboxylic acids is 1. The van der Waals surface area contributed by atoms with Crippen LogP contribution >= 0.6 is 27.3 Å². The Balaban J connectivity index is 2.25. The van der Waals surface area contributed by atoms with Gasteiger partial charge in [-0.2, -0.15) is 0 Å². The number of amides is 1. The molecule has 0 aliphatic carbocycles. The van der Waals surface area contributed by atoms with Crippen LogP contribution in [0.1, 0.15) is 28.1 Å². The Morgan fingerprint density at radius 2 is 2.29 bits per heavy atom. The maximum atomic E-state index is 12.2. The number of hydrogen-bond donors (Lipinski definition) is 1. The Bertz CT molecular complexity index is 471. The third kappa shape index (κ3) is 2.37. The zero-order valence-corrected chi connectivity index (χ0v) is 11.7. The summed E-state index contributed by atoms with van der Waals surface area (Å²) in [5, 5.41) is 9.05. The van der Waals surface area contributed by atoms with Crippen molar-refractivity contribution in [3.63, 3.8) is 0 Å². The molecule has 0 radical (unpaired) electrons. The van der Waals surface area contributed by atoms with Crippen molar-refractivity contribution in [2.45, 2.75) is 25.8 Å². The molecule has 1 atom stereocenters. The summed E-state index contributed by atoms with van der Waals surface area (Å²) in [6.45, 7) is 2.45.